The van der Waals surface area contributed by atoms with Crippen LogP contribution < -0.4 is 4.90 Å². The molecular weight excluding hydrogens is 150 g/mol. The Morgan fingerprint density at radius 2 is 2.50 bits per heavy atom. The average Bonchev–Trinajstić information content (AvgIpc) is 2.34. The first-order valence-corrected chi connectivity index (χ1v) is 3.42. The van der Waals surface area contributed by atoms with E-state index in [4.69, 9.17) is 0 Å². The second-order valence-corrected chi connectivity index (χ2v) is 2.30. The van der Waals surface area contributed by atoms with Crippen LogP contribution in [0.25, 0.3) is 0 Å². The number of nitrogens with one attached hydrogen (secondary N) is 1. The molecule has 0 bridgehead atoms. The second kappa shape index (κ2) is 2.83. The molecule has 0 aliphatic carbocycles. The van der Waals surface area contributed by atoms with Crippen LogP contribution in [0, 0.1) is 4.84 Å². The predicted molar refractivity (Wildman–Crippen MR) is 40.6 cm³/mol. The van der Waals surface area contributed by atoms with E-state index in [1.807, 2.05) is 18.9 Å². The Morgan fingerprint density at radius 3 is 2.90 bits per heavy atom. The van der Waals surface area contributed by atoms with Crippen LogP contribution in [0.15, 0.2) is 4.52 Å². The molecule has 0 aromatic carbocycles. The third-order valence-electron chi connectivity index (χ3n) is 1.26. The summed E-state index contributed by atoms with van der Waals surface area (Å²) in [5.41, 5.74) is 0. The lowest BCUT2D eigenvalue weighted by atomic mass is 10.6. The average molecular weight is 159 g/mol. The maximum absolute atomic E-state index is 4.69. The van der Waals surface area contributed by atoms with Gasteiger partial charge in [-0.3, -0.25) is 4.98 Å². The highest BCUT2D eigenvalue weighted by Crippen LogP contribution is 2.02. The molecule has 0 saturated carbocycles. The highest BCUT2D eigenvalue weighted by atomic mass is 32.1. The van der Waals surface area contributed by atoms with Crippen LogP contribution in [-0.4, -0.2) is 23.7 Å². The molecule has 1 heterocycles. The lowest BCUT2D eigenvalue weighted by Crippen LogP contribution is -2.16. The zero-order chi connectivity index (χ0) is 7.56. The zero-order valence-electron chi connectivity index (χ0n) is 5.92. The number of anilines is 1. The van der Waals surface area contributed by atoms with Crippen LogP contribution in [0.5, 0.6) is 0 Å². The number of hydrogen-bond donors (Lipinski definition) is 1. The van der Waals surface area contributed by atoms with E-state index in [9.17, 15) is 0 Å². The van der Waals surface area contributed by atoms with E-state index < -0.39 is 0 Å². The van der Waals surface area contributed by atoms with Gasteiger partial charge in [0.15, 0.2) is 0 Å². The van der Waals surface area contributed by atoms with Crippen LogP contribution >= 0.6 is 12.2 Å². The van der Waals surface area contributed by atoms with Crippen molar-refractivity contribution in [2.45, 2.75) is 6.92 Å². The van der Waals surface area contributed by atoms with Gasteiger partial charge in [-0.2, -0.15) is 0 Å². The van der Waals surface area contributed by atoms with Crippen molar-refractivity contribution >= 4 is 18.2 Å². The number of H-pyrrole nitrogens is 1. The third-order valence-corrected chi connectivity index (χ3v) is 1.44. The number of rotatable bonds is 2. The van der Waals surface area contributed by atoms with E-state index in [0.717, 1.165) is 6.54 Å². The third kappa shape index (κ3) is 1.36. The van der Waals surface area contributed by atoms with Crippen molar-refractivity contribution in [1.29, 1.82) is 0 Å². The smallest absolute Gasteiger partial charge is 0.296 e. The van der Waals surface area contributed by atoms with Crippen molar-refractivity contribution in [2.24, 2.45) is 0 Å². The largest absolute Gasteiger partial charge is 0.343 e. The number of nitrogens with zero attached hydrogens (tertiary/aromatic N) is 2. The summed E-state index contributed by atoms with van der Waals surface area (Å²) in [6.07, 6.45) is 0. The molecule has 4 nitrogen and oxygen atoms in total. The fourth-order valence-electron chi connectivity index (χ4n) is 0.537. The van der Waals surface area contributed by atoms with Crippen molar-refractivity contribution in [3.63, 3.8) is 0 Å². The Hall–Kier alpha value is -0.840. The lowest BCUT2D eigenvalue weighted by Gasteiger charge is -2.09. The van der Waals surface area contributed by atoms with Crippen LogP contribution in [0.4, 0.5) is 5.95 Å². The summed E-state index contributed by atoms with van der Waals surface area (Å²) >= 11 is 4.69. The molecule has 0 spiro atoms. The van der Waals surface area contributed by atoms with Crippen LogP contribution in [0.1, 0.15) is 6.92 Å². The summed E-state index contributed by atoms with van der Waals surface area (Å²) in [5, 5.41) is 3.68. The molecule has 0 aliphatic rings. The highest BCUT2D eigenvalue weighted by molar-refractivity contribution is 7.71. The minimum atomic E-state index is 0.315. The molecule has 1 rings (SSSR count). The van der Waals surface area contributed by atoms with Gasteiger partial charge in [-0.1, -0.05) is 0 Å². The summed E-state index contributed by atoms with van der Waals surface area (Å²) in [5.74, 6) is 0.674. The molecule has 0 saturated heterocycles. The van der Waals surface area contributed by atoms with E-state index in [-0.39, 0.29) is 0 Å². The van der Waals surface area contributed by atoms with Gasteiger partial charge in [-0.05, 0) is 24.3 Å². The van der Waals surface area contributed by atoms with Crippen LogP contribution in [0.3, 0.4) is 0 Å². The van der Waals surface area contributed by atoms with Crippen molar-refractivity contribution in [3.8, 4) is 0 Å². The molecule has 0 aliphatic heterocycles. The van der Waals surface area contributed by atoms with Crippen molar-refractivity contribution < 1.29 is 4.52 Å². The summed E-state index contributed by atoms with van der Waals surface area (Å²) in [7, 11) is 1.91. The Morgan fingerprint density at radius 1 is 1.80 bits per heavy atom. The molecule has 0 fully saturated rings. The number of aromatic amines is 1. The van der Waals surface area contributed by atoms with E-state index >= 15 is 0 Å². The first-order chi connectivity index (χ1) is 4.74. The topological polar surface area (TPSA) is 45.1 Å². The van der Waals surface area contributed by atoms with Crippen LogP contribution in [0.2, 0.25) is 0 Å². The van der Waals surface area contributed by atoms with Crippen LogP contribution in [-0.2, 0) is 0 Å². The van der Waals surface area contributed by atoms with Gasteiger partial charge in [0.1, 0.15) is 0 Å². The molecule has 10 heavy (non-hydrogen) atoms. The SMILES string of the molecule is CCN(C)c1noc(=S)[nH]1. The molecule has 0 radical (unpaired) electrons. The normalized spacial score (nSPS) is 9.80. The fraction of sp³-hybridized carbons (Fsp3) is 0.600. The van der Waals surface area contributed by atoms with Gasteiger partial charge >= 0.3 is 0 Å². The van der Waals surface area contributed by atoms with E-state index in [1.54, 1.807) is 0 Å². The molecule has 0 unspecified atom stereocenters. The summed E-state index contributed by atoms with van der Waals surface area (Å²) in [6.45, 7) is 2.89. The Labute approximate surface area is 63.8 Å². The second-order valence-electron chi connectivity index (χ2n) is 1.93. The van der Waals surface area contributed by atoms with E-state index in [1.165, 1.54) is 0 Å². The molecule has 5 heteroatoms. The molecule has 1 aromatic rings. The van der Waals surface area contributed by atoms with Gasteiger partial charge in [-0.25, -0.2) is 0 Å². The highest BCUT2D eigenvalue weighted by Gasteiger charge is 2.00. The fourth-order valence-corrected chi connectivity index (χ4v) is 0.665. The van der Waals surface area contributed by atoms with Gasteiger partial charge in [0.25, 0.3) is 4.84 Å². The van der Waals surface area contributed by atoms with Crippen molar-refractivity contribution in [3.05, 3.63) is 4.84 Å². The Bertz CT molecular complexity index is 253. The molecule has 1 aromatic heterocycles. The predicted octanol–water partition coefficient (Wildman–Crippen LogP) is 1.19. The number of hydrogen-bond acceptors (Lipinski definition) is 4. The molecule has 56 valence electrons. The van der Waals surface area contributed by atoms with Gasteiger partial charge in [0.2, 0.25) is 5.95 Å². The standard InChI is InChI=1S/C5H9N3OS/c1-3-8(2)4-6-5(10)9-7-4/h3H2,1-2H3,(H,6,7,10). The minimum absolute atomic E-state index is 0.315. The van der Waals surface area contributed by atoms with Gasteiger partial charge in [-0.15, -0.1) is 0 Å². The van der Waals surface area contributed by atoms with Gasteiger partial charge < -0.3 is 9.42 Å². The number of aromatic nitrogens is 2. The van der Waals surface area contributed by atoms with Gasteiger partial charge in [0, 0.05) is 13.6 Å². The lowest BCUT2D eigenvalue weighted by molar-refractivity contribution is 0.404. The summed E-state index contributed by atoms with van der Waals surface area (Å²) in [6, 6.07) is 0. The van der Waals surface area contributed by atoms with Crippen molar-refractivity contribution in [1.82, 2.24) is 10.1 Å². The molecular formula is C5H9N3OS. The summed E-state index contributed by atoms with van der Waals surface area (Å²) < 4.78 is 4.66. The first kappa shape index (κ1) is 7.27. The molecule has 0 amide bonds. The molecule has 0 atom stereocenters. The zero-order valence-corrected chi connectivity index (χ0v) is 6.73. The van der Waals surface area contributed by atoms with Crippen molar-refractivity contribution in [2.75, 3.05) is 18.5 Å². The van der Waals surface area contributed by atoms with Gasteiger partial charge in [0.05, 0.1) is 0 Å². The monoisotopic (exact) mass is 159 g/mol. The first-order valence-electron chi connectivity index (χ1n) is 3.01. The minimum Gasteiger partial charge on any atom is -0.343 e. The van der Waals surface area contributed by atoms with E-state index in [2.05, 4.69) is 26.9 Å². The Balaban J connectivity index is 2.84. The maximum atomic E-state index is 4.69. The molecule has 1 N–H and O–H groups in total. The van der Waals surface area contributed by atoms with E-state index in [0.29, 0.717) is 10.8 Å². The summed E-state index contributed by atoms with van der Waals surface area (Å²) in [4.78, 5) is 5.01. The maximum Gasteiger partial charge on any atom is 0.296 e. The Kier molecular flexibility index (Phi) is 2.06. The quantitative estimate of drug-likeness (QED) is 0.658.